The summed E-state index contributed by atoms with van der Waals surface area (Å²) < 4.78 is 57.4. The zero-order valence-electron chi connectivity index (χ0n) is 36.8. The van der Waals surface area contributed by atoms with Crippen LogP contribution in [0.15, 0.2) is 23.6 Å². The maximum atomic E-state index is 16.7. The second-order valence-corrected chi connectivity index (χ2v) is 21.1. The zero-order chi connectivity index (χ0) is 42.0. The molecule has 0 saturated carbocycles. The van der Waals surface area contributed by atoms with E-state index in [1.165, 1.54) is 169 Å². The van der Waals surface area contributed by atoms with Crippen LogP contribution < -0.4 is 0 Å². The van der Waals surface area contributed by atoms with Gasteiger partial charge in [-0.15, -0.1) is 34.0 Å². The average molecular weight is 885 g/mol. The van der Waals surface area contributed by atoms with E-state index in [0.717, 1.165) is 58.3 Å². The first kappa shape index (κ1) is 48.0. The number of rotatable bonds is 30. The first-order valence-corrected chi connectivity index (χ1v) is 26.6. The van der Waals surface area contributed by atoms with Crippen LogP contribution in [0.4, 0.5) is 13.2 Å². The van der Waals surface area contributed by atoms with Crippen molar-refractivity contribution in [3.63, 3.8) is 0 Å². The lowest BCUT2D eigenvalue weighted by molar-refractivity contribution is 0.401. The second kappa shape index (κ2) is 25.8. The van der Waals surface area contributed by atoms with E-state index in [1.807, 2.05) is 13.0 Å². The molecule has 0 aliphatic heterocycles. The number of aromatic nitrogens is 2. The minimum atomic E-state index is -0.873. The van der Waals surface area contributed by atoms with Crippen molar-refractivity contribution in [1.82, 2.24) is 8.75 Å². The molecule has 0 bridgehead atoms. The highest BCUT2D eigenvalue weighted by molar-refractivity contribution is 7.24. The van der Waals surface area contributed by atoms with Crippen molar-refractivity contribution < 1.29 is 13.2 Å². The maximum absolute atomic E-state index is 16.7. The van der Waals surface area contributed by atoms with E-state index in [1.54, 1.807) is 6.07 Å². The highest BCUT2D eigenvalue weighted by atomic mass is 32.1. The fraction of sp³-hybridized carbons (Fsp3) is 0.640. The van der Waals surface area contributed by atoms with Gasteiger partial charge < -0.3 is 0 Å². The number of halogens is 3. The molecule has 5 aromatic rings. The summed E-state index contributed by atoms with van der Waals surface area (Å²) >= 11 is 5.37. The van der Waals surface area contributed by atoms with Crippen LogP contribution in [0.1, 0.15) is 191 Å². The summed E-state index contributed by atoms with van der Waals surface area (Å²) in [6.45, 7) is 10.9. The molecule has 4 aromatic heterocycles. The van der Waals surface area contributed by atoms with E-state index in [2.05, 4.69) is 47.9 Å². The van der Waals surface area contributed by atoms with E-state index in [4.69, 9.17) is 0 Å². The van der Waals surface area contributed by atoms with Gasteiger partial charge in [0.25, 0.3) is 0 Å². The van der Waals surface area contributed by atoms with E-state index in [0.29, 0.717) is 37.5 Å². The van der Waals surface area contributed by atoms with Gasteiger partial charge >= 0.3 is 0 Å². The van der Waals surface area contributed by atoms with Crippen molar-refractivity contribution in [2.24, 2.45) is 11.8 Å². The molecular weight excluding hydrogens is 814 g/mol. The summed E-state index contributed by atoms with van der Waals surface area (Å²) in [5.41, 5.74) is 3.50. The summed E-state index contributed by atoms with van der Waals surface area (Å²) in [5.74, 6) is -0.934. The molecule has 0 N–H and O–H groups in total. The molecule has 0 aliphatic carbocycles. The van der Waals surface area contributed by atoms with Gasteiger partial charge in [0.15, 0.2) is 11.6 Å². The number of benzene rings is 1. The third kappa shape index (κ3) is 14.2. The number of aryl methyl sites for hydroxylation is 1. The SMILES string of the molecule is CCCCCCCCCCC(CCCCCCCC)Cc1cc(-c2c(F)c(F)c(-c3cc(CC(C)CCCCCCCC)cs3)c3nsnc23)sc1-c1cc(F)c(C)s1. The Bertz CT molecular complexity index is 1930. The van der Waals surface area contributed by atoms with Crippen LogP contribution in [-0.4, -0.2) is 8.75 Å². The van der Waals surface area contributed by atoms with Gasteiger partial charge in [-0.2, -0.15) is 8.75 Å². The standard InChI is InChI=1S/C50H71F3N2S4/c1-6-9-12-15-18-19-22-25-28-37(27-24-21-17-14-11-8-3)30-39-32-42(58-50(39)43-33-40(51)36(5)57-43)45-47(53)46(52)44(48-49(45)55-59-54-48)41-31-38(34-56-41)29-35(4)26-23-20-16-13-10-7-2/h31-35,37H,6-30H2,1-5H3. The summed E-state index contributed by atoms with van der Waals surface area (Å²) in [6, 6.07) is 5.73. The lowest BCUT2D eigenvalue weighted by Gasteiger charge is -2.17. The van der Waals surface area contributed by atoms with Crippen LogP contribution in [0.2, 0.25) is 0 Å². The Kier molecular flexibility index (Phi) is 20.9. The van der Waals surface area contributed by atoms with Gasteiger partial charge in [-0.3, -0.25) is 0 Å². The van der Waals surface area contributed by atoms with Gasteiger partial charge in [0.05, 0.1) is 22.9 Å². The Morgan fingerprint density at radius 3 is 1.59 bits per heavy atom. The van der Waals surface area contributed by atoms with Crippen molar-refractivity contribution >= 4 is 56.8 Å². The van der Waals surface area contributed by atoms with Crippen LogP contribution >= 0.6 is 45.7 Å². The summed E-state index contributed by atoms with van der Waals surface area (Å²) in [4.78, 5) is 3.81. The maximum Gasteiger partial charge on any atom is 0.170 e. The fourth-order valence-corrected chi connectivity index (χ4v) is 12.5. The Balaban J connectivity index is 1.39. The smallest absolute Gasteiger partial charge is 0.170 e. The molecule has 2 atom stereocenters. The topological polar surface area (TPSA) is 25.8 Å². The van der Waals surface area contributed by atoms with Crippen molar-refractivity contribution in [1.29, 1.82) is 0 Å². The minimum absolute atomic E-state index is 0.182. The Morgan fingerprint density at radius 2 is 1.07 bits per heavy atom. The molecule has 1 aromatic carbocycles. The molecule has 2 unspecified atom stereocenters. The number of nitrogens with zero attached hydrogens (tertiary/aromatic N) is 2. The van der Waals surface area contributed by atoms with Crippen LogP contribution in [-0.2, 0) is 12.8 Å². The summed E-state index contributed by atoms with van der Waals surface area (Å²) in [5, 5.41) is 2.10. The van der Waals surface area contributed by atoms with Crippen LogP contribution in [0, 0.1) is 36.2 Å². The van der Waals surface area contributed by atoms with Crippen LogP contribution in [0.5, 0.6) is 0 Å². The molecular formula is C50H71F3N2S4. The van der Waals surface area contributed by atoms with Crippen LogP contribution in [0.25, 0.3) is 41.7 Å². The first-order valence-electron chi connectivity index (χ1n) is 23.4. The average Bonchev–Trinajstić information content (AvgIpc) is 4.04. The number of fused-ring (bicyclic) bond motifs is 1. The number of thiophene rings is 3. The van der Waals surface area contributed by atoms with E-state index < -0.39 is 11.6 Å². The zero-order valence-corrected chi connectivity index (χ0v) is 40.1. The number of hydrogen-bond acceptors (Lipinski definition) is 6. The first-order chi connectivity index (χ1) is 28.7. The van der Waals surface area contributed by atoms with Crippen molar-refractivity contribution in [3.8, 4) is 30.6 Å². The predicted molar refractivity (Wildman–Crippen MR) is 255 cm³/mol. The van der Waals surface area contributed by atoms with Crippen molar-refractivity contribution in [2.45, 2.75) is 195 Å². The lowest BCUT2D eigenvalue weighted by Crippen LogP contribution is -2.05. The normalized spacial score (nSPS) is 12.9. The molecule has 0 saturated heterocycles. The molecule has 0 fully saturated rings. The van der Waals surface area contributed by atoms with E-state index in [9.17, 15) is 4.39 Å². The summed E-state index contributed by atoms with van der Waals surface area (Å²) in [6.07, 6.45) is 30.9. The highest BCUT2D eigenvalue weighted by Gasteiger charge is 2.29. The Hall–Kier alpha value is -2.07. The number of unbranched alkanes of at least 4 members (excludes halogenated alkanes) is 17. The Labute approximate surface area is 371 Å². The predicted octanol–water partition coefficient (Wildman–Crippen LogP) is 19.0. The fourth-order valence-electron chi connectivity index (χ4n) is 8.71. The third-order valence-corrected chi connectivity index (χ3v) is 16.1. The van der Waals surface area contributed by atoms with E-state index >= 15 is 8.78 Å². The third-order valence-electron chi connectivity index (χ3n) is 12.2. The lowest BCUT2D eigenvalue weighted by atomic mass is 9.88. The molecule has 4 heterocycles. The molecule has 59 heavy (non-hydrogen) atoms. The van der Waals surface area contributed by atoms with Gasteiger partial charge in [0.1, 0.15) is 16.9 Å². The molecule has 0 spiro atoms. The van der Waals surface area contributed by atoms with Gasteiger partial charge in [-0.1, -0.05) is 175 Å². The minimum Gasteiger partial charge on any atom is -0.206 e. The molecule has 0 radical (unpaired) electrons. The summed E-state index contributed by atoms with van der Waals surface area (Å²) in [7, 11) is 0. The molecule has 2 nitrogen and oxygen atoms in total. The molecule has 5 rings (SSSR count). The molecule has 0 amide bonds. The van der Waals surface area contributed by atoms with Gasteiger partial charge in [-0.05, 0) is 66.3 Å². The van der Waals surface area contributed by atoms with Crippen molar-refractivity contribution in [2.75, 3.05) is 0 Å². The largest absolute Gasteiger partial charge is 0.206 e. The Morgan fingerprint density at radius 1 is 0.559 bits per heavy atom. The number of hydrogen-bond donors (Lipinski definition) is 0. The van der Waals surface area contributed by atoms with E-state index in [-0.39, 0.29) is 16.9 Å². The molecule has 0 aliphatic rings. The quantitative estimate of drug-likeness (QED) is 0.0429. The van der Waals surface area contributed by atoms with Crippen molar-refractivity contribution in [3.05, 3.63) is 57.0 Å². The molecule has 9 heteroatoms. The van der Waals surface area contributed by atoms with Gasteiger partial charge in [0.2, 0.25) is 0 Å². The second-order valence-electron chi connectivity index (χ2n) is 17.4. The highest BCUT2D eigenvalue weighted by Crippen LogP contribution is 2.48. The monoisotopic (exact) mass is 884 g/mol. The van der Waals surface area contributed by atoms with Gasteiger partial charge in [0, 0.05) is 24.4 Å². The molecule has 326 valence electrons. The van der Waals surface area contributed by atoms with Crippen LogP contribution in [0.3, 0.4) is 0 Å². The van der Waals surface area contributed by atoms with Gasteiger partial charge in [-0.25, -0.2) is 13.2 Å².